The standard InChI is InChI=1S/C22H29ClOS/c1-16(2)18-7-3-8-19(14-18)24-15-21-17(11-12-22(21)23)6-4-9-20-10-5-13-25-20/h3,5,7-8,10,13-14,16-17,21-22H,4,6,9,11-12,15H2,1-2H3/t17-,21+,22?/m0/s1. The van der Waals surface area contributed by atoms with Crippen LogP contribution in [0.3, 0.4) is 0 Å². The Kier molecular flexibility index (Phi) is 6.84. The molecule has 0 aliphatic heterocycles. The minimum Gasteiger partial charge on any atom is -0.493 e. The largest absolute Gasteiger partial charge is 0.493 e. The molecule has 136 valence electrons. The molecule has 1 nitrogen and oxygen atoms in total. The lowest BCUT2D eigenvalue weighted by atomic mass is 9.91. The summed E-state index contributed by atoms with van der Waals surface area (Å²) in [5, 5.41) is 2.43. The van der Waals surface area contributed by atoms with Gasteiger partial charge in [-0.2, -0.15) is 0 Å². The minimum atomic E-state index is 0.264. The molecular weight excluding hydrogens is 348 g/mol. The summed E-state index contributed by atoms with van der Waals surface area (Å²) >= 11 is 8.49. The Bertz CT molecular complexity index is 637. The van der Waals surface area contributed by atoms with Crippen molar-refractivity contribution in [2.45, 2.75) is 57.2 Å². The molecule has 0 saturated heterocycles. The Morgan fingerprint density at radius 3 is 2.84 bits per heavy atom. The molecule has 2 aromatic rings. The highest BCUT2D eigenvalue weighted by molar-refractivity contribution is 7.09. The van der Waals surface area contributed by atoms with Gasteiger partial charge in [0.15, 0.2) is 0 Å². The van der Waals surface area contributed by atoms with Crippen molar-refractivity contribution in [2.24, 2.45) is 11.8 Å². The van der Waals surface area contributed by atoms with Crippen molar-refractivity contribution in [3.8, 4) is 5.75 Å². The number of rotatable bonds is 8. The van der Waals surface area contributed by atoms with Crippen LogP contribution >= 0.6 is 22.9 Å². The van der Waals surface area contributed by atoms with E-state index in [4.69, 9.17) is 16.3 Å². The summed E-state index contributed by atoms with van der Waals surface area (Å²) in [5.74, 6) is 2.70. The Morgan fingerprint density at radius 2 is 2.08 bits per heavy atom. The molecule has 0 radical (unpaired) electrons. The Labute approximate surface area is 161 Å². The molecule has 1 aromatic carbocycles. The molecule has 1 aromatic heterocycles. The van der Waals surface area contributed by atoms with Crippen molar-refractivity contribution in [3.63, 3.8) is 0 Å². The summed E-state index contributed by atoms with van der Waals surface area (Å²) in [4.78, 5) is 1.50. The van der Waals surface area contributed by atoms with Gasteiger partial charge in [-0.15, -0.1) is 22.9 Å². The van der Waals surface area contributed by atoms with Gasteiger partial charge in [0.1, 0.15) is 5.75 Å². The van der Waals surface area contributed by atoms with Gasteiger partial charge in [-0.05, 0) is 73.1 Å². The van der Waals surface area contributed by atoms with E-state index in [2.05, 4.69) is 55.6 Å². The number of halogens is 1. The first-order valence-corrected chi connectivity index (χ1v) is 10.8. The first-order chi connectivity index (χ1) is 12.1. The predicted octanol–water partition coefficient (Wildman–Crippen LogP) is 6.91. The van der Waals surface area contributed by atoms with Crippen LogP contribution in [0.25, 0.3) is 0 Å². The molecule has 25 heavy (non-hydrogen) atoms. The number of benzene rings is 1. The molecule has 0 amide bonds. The molecule has 1 aliphatic rings. The summed E-state index contributed by atoms with van der Waals surface area (Å²) < 4.78 is 6.15. The second-order valence-corrected chi connectivity index (χ2v) is 9.12. The van der Waals surface area contributed by atoms with E-state index in [1.807, 2.05) is 11.3 Å². The number of aryl methyl sites for hydroxylation is 1. The van der Waals surface area contributed by atoms with Gasteiger partial charge in [-0.1, -0.05) is 32.0 Å². The highest BCUT2D eigenvalue weighted by Gasteiger charge is 2.35. The summed E-state index contributed by atoms with van der Waals surface area (Å²) in [6.07, 6.45) is 6.10. The van der Waals surface area contributed by atoms with Crippen molar-refractivity contribution in [1.82, 2.24) is 0 Å². The summed E-state index contributed by atoms with van der Waals surface area (Å²) in [7, 11) is 0. The zero-order chi connectivity index (χ0) is 17.6. The number of hydrogen-bond acceptors (Lipinski definition) is 2. The van der Waals surface area contributed by atoms with Gasteiger partial charge in [0.2, 0.25) is 0 Å². The lowest BCUT2D eigenvalue weighted by Gasteiger charge is -2.22. The first kappa shape index (κ1) is 18.8. The fourth-order valence-corrected chi connectivity index (χ4v) is 5.00. The van der Waals surface area contributed by atoms with E-state index in [0.717, 1.165) is 18.8 Å². The molecule has 1 unspecified atom stereocenters. The number of ether oxygens (including phenoxy) is 1. The topological polar surface area (TPSA) is 9.23 Å². The van der Waals surface area contributed by atoms with Crippen molar-refractivity contribution in [1.29, 1.82) is 0 Å². The summed E-state index contributed by atoms with van der Waals surface area (Å²) in [6, 6.07) is 12.9. The quantitative estimate of drug-likeness (QED) is 0.455. The Morgan fingerprint density at radius 1 is 1.20 bits per heavy atom. The maximum atomic E-state index is 6.62. The third kappa shape index (κ3) is 5.24. The van der Waals surface area contributed by atoms with Crippen LogP contribution in [-0.4, -0.2) is 12.0 Å². The smallest absolute Gasteiger partial charge is 0.119 e. The zero-order valence-electron chi connectivity index (χ0n) is 15.3. The Balaban J connectivity index is 1.51. The minimum absolute atomic E-state index is 0.264. The van der Waals surface area contributed by atoms with Crippen LogP contribution in [0.2, 0.25) is 0 Å². The zero-order valence-corrected chi connectivity index (χ0v) is 16.9. The number of hydrogen-bond donors (Lipinski definition) is 0. The number of thiophene rings is 1. The molecule has 3 rings (SSSR count). The third-order valence-electron chi connectivity index (χ3n) is 5.43. The van der Waals surface area contributed by atoms with Crippen LogP contribution in [0.5, 0.6) is 5.75 Å². The van der Waals surface area contributed by atoms with E-state index in [-0.39, 0.29) is 5.38 Å². The van der Waals surface area contributed by atoms with Crippen LogP contribution in [0.4, 0.5) is 0 Å². The normalized spacial score (nSPS) is 23.3. The van der Waals surface area contributed by atoms with Crippen molar-refractivity contribution >= 4 is 22.9 Å². The van der Waals surface area contributed by atoms with Gasteiger partial charge in [0.05, 0.1) is 6.61 Å². The molecule has 3 atom stereocenters. The lowest BCUT2D eigenvalue weighted by molar-refractivity contribution is 0.209. The number of alkyl halides is 1. The second kappa shape index (κ2) is 9.09. The van der Waals surface area contributed by atoms with E-state index in [1.54, 1.807) is 0 Å². The fraction of sp³-hybridized carbons (Fsp3) is 0.545. The average Bonchev–Trinajstić information content (AvgIpc) is 3.24. The van der Waals surface area contributed by atoms with E-state index >= 15 is 0 Å². The van der Waals surface area contributed by atoms with E-state index in [0.29, 0.717) is 17.8 Å². The maximum Gasteiger partial charge on any atom is 0.119 e. The molecule has 1 heterocycles. The lowest BCUT2D eigenvalue weighted by Crippen LogP contribution is -2.23. The highest BCUT2D eigenvalue weighted by Crippen LogP contribution is 2.39. The van der Waals surface area contributed by atoms with Crippen LogP contribution in [0, 0.1) is 11.8 Å². The molecule has 1 saturated carbocycles. The van der Waals surface area contributed by atoms with Crippen molar-refractivity contribution < 1.29 is 4.74 Å². The molecule has 3 heteroatoms. The maximum absolute atomic E-state index is 6.62. The molecule has 0 bridgehead atoms. The van der Waals surface area contributed by atoms with Crippen LogP contribution < -0.4 is 4.74 Å². The van der Waals surface area contributed by atoms with Gasteiger partial charge in [-0.3, -0.25) is 0 Å². The summed E-state index contributed by atoms with van der Waals surface area (Å²) in [5.41, 5.74) is 1.33. The van der Waals surface area contributed by atoms with Crippen LogP contribution in [0.1, 0.15) is 55.9 Å². The van der Waals surface area contributed by atoms with Crippen molar-refractivity contribution in [3.05, 3.63) is 52.2 Å². The fourth-order valence-electron chi connectivity index (χ4n) is 3.84. The molecule has 1 fully saturated rings. The van der Waals surface area contributed by atoms with E-state index in [1.165, 1.54) is 36.1 Å². The van der Waals surface area contributed by atoms with Gasteiger partial charge in [0.25, 0.3) is 0 Å². The Hall–Kier alpha value is -0.990. The van der Waals surface area contributed by atoms with Gasteiger partial charge < -0.3 is 4.74 Å². The van der Waals surface area contributed by atoms with Gasteiger partial charge in [0, 0.05) is 16.2 Å². The second-order valence-electron chi connectivity index (χ2n) is 7.53. The van der Waals surface area contributed by atoms with E-state index in [9.17, 15) is 0 Å². The van der Waals surface area contributed by atoms with Crippen LogP contribution in [-0.2, 0) is 6.42 Å². The van der Waals surface area contributed by atoms with Crippen LogP contribution in [0.15, 0.2) is 41.8 Å². The van der Waals surface area contributed by atoms with Gasteiger partial charge >= 0.3 is 0 Å². The molecular formula is C22H29ClOS. The highest BCUT2D eigenvalue weighted by atomic mass is 35.5. The molecule has 1 aliphatic carbocycles. The SMILES string of the molecule is CC(C)c1cccc(OC[C@H]2C(Cl)CC[C@@H]2CCCc2cccs2)c1. The average molecular weight is 377 g/mol. The third-order valence-corrected chi connectivity index (χ3v) is 6.91. The summed E-state index contributed by atoms with van der Waals surface area (Å²) in [6.45, 7) is 5.18. The monoisotopic (exact) mass is 376 g/mol. The van der Waals surface area contributed by atoms with Gasteiger partial charge in [-0.25, -0.2) is 0 Å². The van der Waals surface area contributed by atoms with E-state index < -0.39 is 0 Å². The predicted molar refractivity (Wildman–Crippen MR) is 109 cm³/mol. The van der Waals surface area contributed by atoms with Crippen molar-refractivity contribution in [2.75, 3.05) is 6.61 Å². The molecule has 0 N–H and O–H groups in total. The molecule has 0 spiro atoms. The first-order valence-electron chi connectivity index (χ1n) is 9.52.